The van der Waals surface area contributed by atoms with Gasteiger partial charge in [-0.25, -0.2) is 0 Å². The molecule has 0 unspecified atom stereocenters. The molecule has 0 fully saturated rings. The van der Waals surface area contributed by atoms with Gasteiger partial charge in [0, 0.05) is 23.3 Å². The molecule has 0 spiro atoms. The topological polar surface area (TPSA) is 4.93 Å². The monoisotopic (exact) mass is 343 g/mol. The summed E-state index contributed by atoms with van der Waals surface area (Å²) >= 11 is 6.09. The fourth-order valence-corrected chi connectivity index (χ4v) is 3.29. The summed E-state index contributed by atoms with van der Waals surface area (Å²) in [6.45, 7) is 0.839. The summed E-state index contributed by atoms with van der Waals surface area (Å²) in [5.74, 6) is 0. The first kappa shape index (κ1) is 15.7. The van der Waals surface area contributed by atoms with Crippen LogP contribution in [0.4, 0.5) is 0 Å². The molecule has 1 nitrogen and oxygen atoms in total. The minimum absolute atomic E-state index is 0.756. The number of aromatic nitrogens is 1. The molecule has 0 aliphatic heterocycles. The zero-order chi connectivity index (χ0) is 17.1. The Hall–Kier alpha value is -2.77. The molecule has 0 amide bonds. The normalized spacial score (nSPS) is 10.8. The van der Waals surface area contributed by atoms with Crippen molar-refractivity contribution in [2.45, 2.75) is 6.54 Å². The summed E-state index contributed by atoms with van der Waals surface area (Å²) in [5.41, 5.74) is 6.13. The Labute approximate surface area is 153 Å². The Morgan fingerprint density at radius 2 is 1.28 bits per heavy atom. The highest BCUT2D eigenvalue weighted by Crippen LogP contribution is 2.34. The van der Waals surface area contributed by atoms with Crippen LogP contribution in [0, 0.1) is 0 Å². The van der Waals surface area contributed by atoms with Crippen LogP contribution in [-0.4, -0.2) is 4.57 Å². The first-order valence-corrected chi connectivity index (χ1v) is 8.73. The van der Waals surface area contributed by atoms with Crippen LogP contribution in [0.15, 0.2) is 97.2 Å². The highest BCUT2D eigenvalue weighted by Gasteiger charge is 2.13. The predicted molar refractivity (Wildman–Crippen MR) is 106 cm³/mol. The van der Waals surface area contributed by atoms with Gasteiger partial charge in [-0.1, -0.05) is 84.4 Å². The van der Waals surface area contributed by atoms with E-state index < -0.39 is 0 Å². The molecule has 2 heteroatoms. The number of nitrogens with zero attached hydrogens (tertiary/aromatic N) is 1. The molecule has 0 atom stereocenters. The Bertz CT molecular complexity index is 954. The van der Waals surface area contributed by atoms with E-state index in [0.29, 0.717) is 0 Å². The van der Waals surface area contributed by atoms with Gasteiger partial charge in [0.2, 0.25) is 0 Å². The lowest BCUT2D eigenvalue weighted by Crippen LogP contribution is -2.00. The van der Waals surface area contributed by atoms with E-state index in [-0.39, 0.29) is 0 Å². The van der Waals surface area contributed by atoms with Gasteiger partial charge in [0.05, 0.1) is 5.69 Å². The van der Waals surface area contributed by atoms with Crippen molar-refractivity contribution in [1.29, 1.82) is 0 Å². The molecule has 122 valence electrons. The Kier molecular flexibility index (Phi) is 4.41. The number of halogens is 1. The second-order valence-electron chi connectivity index (χ2n) is 6.06. The molecule has 1 heterocycles. The Morgan fingerprint density at radius 1 is 0.640 bits per heavy atom. The number of hydrogen-bond acceptors (Lipinski definition) is 0. The lowest BCUT2D eigenvalue weighted by molar-refractivity contribution is 0.815. The second kappa shape index (κ2) is 7.00. The van der Waals surface area contributed by atoms with Gasteiger partial charge >= 0.3 is 0 Å². The van der Waals surface area contributed by atoms with Crippen LogP contribution in [0.2, 0.25) is 5.02 Å². The fraction of sp³-hybridized carbons (Fsp3) is 0.0435. The third kappa shape index (κ3) is 3.38. The van der Waals surface area contributed by atoms with Gasteiger partial charge in [0.15, 0.2) is 0 Å². The van der Waals surface area contributed by atoms with Crippen LogP contribution in [0.1, 0.15) is 5.56 Å². The van der Waals surface area contributed by atoms with Crippen molar-refractivity contribution < 1.29 is 0 Å². The first-order chi connectivity index (χ1) is 12.3. The third-order valence-electron chi connectivity index (χ3n) is 4.36. The van der Waals surface area contributed by atoms with Gasteiger partial charge in [-0.05, 0) is 34.9 Å². The quantitative estimate of drug-likeness (QED) is 0.397. The maximum absolute atomic E-state index is 6.09. The van der Waals surface area contributed by atoms with E-state index in [4.69, 9.17) is 11.6 Å². The molecule has 0 radical (unpaired) electrons. The lowest BCUT2D eigenvalue weighted by Gasteiger charge is -2.13. The summed E-state index contributed by atoms with van der Waals surface area (Å²) in [4.78, 5) is 0. The van der Waals surface area contributed by atoms with Gasteiger partial charge in [0.1, 0.15) is 0 Å². The Morgan fingerprint density at radius 3 is 1.96 bits per heavy atom. The van der Waals surface area contributed by atoms with E-state index in [2.05, 4.69) is 83.6 Å². The molecule has 0 bridgehead atoms. The van der Waals surface area contributed by atoms with Crippen molar-refractivity contribution in [3.05, 3.63) is 108 Å². The van der Waals surface area contributed by atoms with E-state index in [1.165, 1.54) is 27.9 Å². The second-order valence-corrected chi connectivity index (χ2v) is 6.50. The van der Waals surface area contributed by atoms with Gasteiger partial charge in [-0.15, -0.1) is 0 Å². The van der Waals surface area contributed by atoms with Gasteiger partial charge in [-0.3, -0.25) is 0 Å². The van der Waals surface area contributed by atoms with Crippen molar-refractivity contribution in [2.75, 3.05) is 0 Å². The molecule has 4 rings (SSSR count). The number of hydrogen-bond donors (Lipinski definition) is 0. The van der Waals surface area contributed by atoms with Crippen molar-refractivity contribution in [3.8, 4) is 22.4 Å². The predicted octanol–water partition coefficient (Wildman–Crippen LogP) is 6.52. The molecule has 0 aliphatic carbocycles. The van der Waals surface area contributed by atoms with Crippen LogP contribution < -0.4 is 0 Å². The summed E-state index contributed by atoms with van der Waals surface area (Å²) in [6, 6.07) is 31.3. The SMILES string of the molecule is Clc1ccc(-c2c(-c3ccccc3)ccn2Cc2ccccc2)cc1. The first-order valence-electron chi connectivity index (χ1n) is 8.36. The van der Waals surface area contributed by atoms with E-state index in [1.54, 1.807) is 0 Å². The molecular weight excluding hydrogens is 326 g/mol. The number of rotatable bonds is 4. The molecule has 1 aromatic heterocycles. The van der Waals surface area contributed by atoms with Crippen LogP contribution in [0.25, 0.3) is 22.4 Å². The summed E-state index contributed by atoms with van der Waals surface area (Å²) in [6.07, 6.45) is 2.17. The average molecular weight is 344 g/mol. The summed E-state index contributed by atoms with van der Waals surface area (Å²) < 4.78 is 2.31. The molecule has 0 N–H and O–H groups in total. The largest absolute Gasteiger partial charge is 0.343 e. The molecule has 25 heavy (non-hydrogen) atoms. The highest BCUT2D eigenvalue weighted by molar-refractivity contribution is 6.30. The zero-order valence-corrected chi connectivity index (χ0v) is 14.5. The minimum atomic E-state index is 0.756. The molecule has 4 aromatic rings. The number of benzene rings is 3. The highest BCUT2D eigenvalue weighted by atomic mass is 35.5. The van der Waals surface area contributed by atoms with Crippen LogP contribution >= 0.6 is 11.6 Å². The maximum Gasteiger partial charge on any atom is 0.0563 e. The van der Waals surface area contributed by atoms with Crippen LogP contribution in [0.3, 0.4) is 0 Å². The van der Waals surface area contributed by atoms with E-state index in [0.717, 1.165) is 11.6 Å². The van der Waals surface area contributed by atoms with Gasteiger partial charge in [0.25, 0.3) is 0 Å². The summed E-state index contributed by atoms with van der Waals surface area (Å²) in [5, 5.41) is 0.756. The molecular formula is C23H18ClN. The average Bonchev–Trinajstić information content (AvgIpc) is 3.07. The van der Waals surface area contributed by atoms with Crippen molar-refractivity contribution in [3.63, 3.8) is 0 Å². The van der Waals surface area contributed by atoms with Crippen molar-refractivity contribution in [2.24, 2.45) is 0 Å². The molecule has 0 saturated heterocycles. The minimum Gasteiger partial charge on any atom is -0.343 e. The summed E-state index contributed by atoms with van der Waals surface area (Å²) in [7, 11) is 0. The molecule has 0 aliphatic rings. The Balaban J connectivity index is 1.84. The molecule has 0 saturated carbocycles. The van der Waals surface area contributed by atoms with Gasteiger partial charge < -0.3 is 4.57 Å². The maximum atomic E-state index is 6.09. The van der Waals surface area contributed by atoms with Crippen LogP contribution in [0.5, 0.6) is 0 Å². The van der Waals surface area contributed by atoms with Gasteiger partial charge in [-0.2, -0.15) is 0 Å². The molecule has 3 aromatic carbocycles. The zero-order valence-electron chi connectivity index (χ0n) is 13.8. The van der Waals surface area contributed by atoms with Crippen molar-refractivity contribution in [1.82, 2.24) is 4.57 Å². The van der Waals surface area contributed by atoms with E-state index >= 15 is 0 Å². The smallest absolute Gasteiger partial charge is 0.0563 e. The van der Waals surface area contributed by atoms with E-state index in [9.17, 15) is 0 Å². The fourth-order valence-electron chi connectivity index (χ4n) is 3.16. The standard InChI is InChI=1S/C23H18ClN/c24-21-13-11-20(12-14-21)23-22(19-9-5-2-6-10-19)15-16-25(23)17-18-7-3-1-4-8-18/h1-16H,17H2. The van der Waals surface area contributed by atoms with E-state index in [1.807, 2.05) is 18.2 Å². The lowest BCUT2D eigenvalue weighted by atomic mass is 10.0. The third-order valence-corrected chi connectivity index (χ3v) is 4.61. The van der Waals surface area contributed by atoms with Crippen molar-refractivity contribution >= 4 is 11.6 Å². The van der Waals surface area contributed by atoms with Crippen LogP contribution in [-0.2, 0) is 6.54 Å².